The highest BCUT2D eigenvalue weighted by molar-refractivity contribution is 8.00. The maximum absolute atomic E-state index is 5.82. The molecule has 1 saturated carbocycles. The standard InChI is InChI=1S/C13H23NOS/c1-13(2)11(10-5-6-15-12(10)13)14-8-9-4-3-7-16-9/h9-12,14H,3-8H2,1-2H3. The Bertz CT molecular complexity index is 263. The fourth-order valence-electron chi connectivity index (χ4n) is 3.80. The smallest absolute Gasteiger partial charge is 0.0685 e. The molecular formula is C13H23NOS. The first kappa shape index (κ1) is 11.4. The molecule has 2 aliphatic heterocycles. The lowest BCUT2D eigenvalue weighted by atomic mass is 9.57. The first-order valence-electron chi connectivity index (χ1n) is 6.66. The maximum atomic E-state index is 5.82. The molecule has 1 aliphatic carbocycles. The summed E-state index contributed by atoms with van der Waals surface area (Å²) in [5, 5.41) is 4.69. The van der Waals surface area contributed by atoms with Gasteiger partial charge in [-0.25, -0.2) is 0 Å². The number of hydrogen-bond donors (Lipinski definition) is 1. The second-order valence-electron chi connectivity index (χ2n) is 6.09. The molecule has 0 aromatic heterocycles. The van der Waals surface area contributed by atoms with Crippen LogP contribution in [0, 0.1) is 11.3 Å². The van der Waals surface area contributed by atoms with Crippen molar-refractivity contribution in [3.63, 3.8) is 0 Å². The molecule has 0 spiro atoms. The van der Waals surface area contributed by atoms with Gasteiger partial charge >= 0.3 is 0 Å². The molecule has 2 heterocycles. The molecule has 3 fully saturated rings. The summed E-state index contributed by atoms with van der Waals surface area (Å²) in [5.41, 5.74) is 0.352. The van der Waals surface area contributed by atoms with E-state index < -0.39 is 0 Å². The molecule has 4 unspecified atom stereocenters. The van der Waals surface area contributed by atoms with Crippen molar-refractivity contribution in [1.82, 2.24) is 5.32 Å². The highest BCUT2D eigenvalue weighted by atomic mass is 32.2. The monoisotopic (exact) mass is 241 g/mol. The van der Waals surface area contributed by atoms with Crippen molar-refractivity contribution < 1.29 is 4.74 Å². The predicted octanol–water partition coefficient (Wildman–Crippen LogP) is 2.29. The van der Waals surface area contributed by atoms with E-state index in [9.17, 15) is 0 Å². The highest BCUT2D eigenvalue weighted by Crippen LogP contribution is 2.52. The van der Waals surface area contributed by atoms with Gasteiger partial charge in [0.1, 0.15) is 0 Å². The van der Waals surface area contributed by atoms with Crippen LogP contribution >= 0.6 is 11.8 Å². The Morgan fingerprint density at radius 1 is 1.38 bits per heavy atom. The summed E-state index contributed by atoms with van der Waals surface area (Å²) in [7, 11) is 0. The van der Waals surface area contributed by atoms with E-state index in [-0.39, 0.29) is 0 Å². The van der Waals surface area contributed by atoms with Crippen molar-refractivity contribution in [1.29, 1.82) is 0 Å². The van der Waals surface area contributed by atoms with Gasteiger partial charge in [0.15, 0.2) is 0 Å². The summed E-state index contributed by atoms with van der Waals surface area (Å²) >= 11 is 2.15. The Balaban J connectivity index is 1.54. The Morgan fingerprint density at radius 3 is 3.00 bits per heavy atom. The molecule has 3 heteroatoms. The Morgan fingerprint density at radius 2 is 2.25 bits per heavy atom. The summed E-state index contributed by atoms with van der Waals surface area (Å²) in [4.78, 5) is 0. The topological polar surface area (TPSA) is 21.3 Å². The van der Waals surface area contributed by atoms with E-state index in [1.807, 2.05) is 0 Å². The molecule has 3 aliphatic rings. The van der Waals surface area contributed by atoms with Crippen LogP contribution in [0.4, 0.5) is 0 Å². The lowest BCUT2D eigenvalue weighted by Gasteiger charge is -2.55. The fraction of sp³-hybridized carbons (Fsp3) is 1.00. The Hall–Kier alpha value is 0.270. The van der Waals surface area contributed by atoms with Gasteiger partial charge in [-0.15, -0.1) is 0 Å². The molecule has 0 bridgehead atoms. The number of fused-ring (bicyclic) bond motifs is 1. The molecule has 4 atom stereocenters. The van der Waals surface area contributed by atoms with E-state index in [1.54, 1.807) is 0 Å². The summed E-state index contributed by atoms with van der Waals surface area (Å²) in [5.74, 6) is 2.16. The lowest BCUT2D eigenvalue weighted by molar-refractivity contribution is -0.112. The van der Waals surface area contributed by atoms with E-state index in [1.165, 1.54) is 31.6 Å². The lowest BCUT2D eigenvalue weighted by Crippen LogP contribution is -2.66. The average molecular weight is 241 g/mol. The van der Waals surface area contributed by atoms with E-state index in [0.717, 1.165) is 17.8 Å². The fourth-order valence-corrected chi connectivity index (χ4v) is 5.02. The molecular weight excluding hydrogens is 218 g/mol. The average Bonchev–Trinajstić information content (AvgIpc) is 2.86. The van der Waals surface area contributed by atoms with Crippen molar-refractivity contribution in [2.45, 2.75) is 50.5 Å². The second-order valence-corrected chi connectivity index (χ2v) is 7.49. The largest absolute Gasteiger partial charge is 0.377 e. The molecule has 1 N–H and O–H groups in total. The molecule has 0 radical (unpaired) electrons. The number of rotatable bonds is 3. The van der Waals surface area contributed by atoms with Crippen LogP contribution in [0.25, 0.3) is 0 Å². The zero-order valence-corrected chi connectivity index (χ0v) is 11.2. The van der Waals surface area contributed by atoms with Crippen molar-refractivity contribution in [2.24, 2.45) is 11.3 Å². The Kier molecular flexibility index (Phi) is 2.97. The maximum Gasteiger partial charge on any atom is 0.0685 e. The molecule has 3 rings (SSSR count). The van der Waals surface area contributed by atoms with Crippen molar-refractivity contribution in [3.8, 4) is 0 Å². The molecule has 0 aromatic carbocycles. The minimum absolute atomic E-state index is 0.352. The van der Waals surface area contributed by atoms with Gasteiger partial charge in [-0.1, -0.05) is 13.8 Å². The molecule has 16 heavy (non-hydrogen) atoms. The van der Waals surface area contributed by atoms with E-state index in [2.05, 4.69) is 30.9 Å². The first-order valence-corrected chi connectivity index (χ1v) is 7.71. The van der Waals surface area contributed by atoms with Crippen LogP contribution in [-0.2, 0) is 4.74 Å². The third-order valence-electron chi connectivity index (χ3n) is 4.69. The van der Waals surface area contributed by atoms with Crippen molar-refractivity contribution >= 4 is 11.8 Å². The van der Waals surface area contributed by atoms with Crippen molar-refractivity contribution in [3.05, 3.63) is 0 Å². The minimum atomic E-state index is 0.352. The van der Waals surface area contributed by atoms with Crippen LogP contribution in [0.1, 0.15) is 33.1 Å². The van der Waals surface area contributed by atoms with Gasteiger partial charge < -0.3 is 10.1 Å². The van der Waals surface area contributed by atoms with Crippen molar-refractivity contribution in [2.75, 3.05) is 18.9 Å². The molecule has 0 amide bonds. The third kappa shape index (κ3) is 1.72. The van der Waals surface area contributed by atoms with E-state index >= 15 is 0 Å². The zero-order valence-electron chi connectivity index (χ0n) is 10.4. The van der Waals surface area contributed by atoms with Gasteiger partial charge in [-0.3, -0.25) is 0 Å². The van der Waals surface area contributed by atoms with E-state index in [0.29, 0.717) is 17.6 Å². The SMILES string of the molecule is CC1(C)C(NCC2CCCS2)C2CCOC21. The van der Waals surface area contributed by atoms with Crippen LogP contribution in [-0.4, -0.2) is 36.3 Å². The van der Waals surface area contributed by atoms with Crippen LogP contribution in [0.15, 0.2) is 0 Å². The van der Waals surface area contributed by atoms with Gasteiger partial charge in [0.05, 0.1) is 6.10 Å². The predicted molar refractivity (Wildman–Crippen MR) is 68.9 cm³/mol. The van der Waals surface area contributed by atoms with Crippen LogP contribution in [0.5, 0.6) is 0 Å². The number of ether oxygens (including phenoxy) is 1. The van der Waals surface area contributed by atoms with Gasteiger partial charge in [0, 0.05) is 35.8 Å². The summed E-state index contributed by atoms with van der Waals surface area (Å²) in [6, 6.07) is 0.696. The van der Waals surface area contributed by atoms with Crippen LogP contribution < -0.4 is 5.32 Å². The molecule has 2 nitrogen and oxygen atoms in total. The summed E-state index contributed by atoms with van der Waals surface area (Å²) < 4.78 is 5.82. The quantitative estimate of drug-likeness (QED) is 0.819. The molecule has 2 saturated heterocycles. The van der Waals surface area contributed by atoms with Gasteiger partial charge in [0.25, 0.3) is 0 Å². The zero-order chi connectivity index (χ0) is 11.2. The normalized spacial score (nSPS) is 45.4. The minimum Gasteiger partial charge on any atom is -0.377 e. The van der Waals surface area contributed by atoms with Gasteiger partial charge in [-0.2, -0.15) is 11.8 Å². The van der Waals surface area contributed by atoms with Crippen LogP contribution in [0.2, 0.25) is 0 Å². The summed E-state index contributed by atoms with van der Waals surface area (Å²) in [6.45, 7) is 6.91. The molecule has 92 valence electrons. The second kappa shape index (κ2) is 4.18. The number of thioether (sulfide) groups is 1. The Labute approximate surface area is 103 Å². The van der Waals surface area contributed by atoms with Gasteiger partial charge in [-0.05, 0) is 25.0 Å². The number of nitrogens with one attached hydrogen (secondary N) is 1. The first-order chi connectivity index (χ1) is 7.69. The summed E-state index contributed by atoms with van der Waals surface area (Å²) in [6.07, 6.45) is 4.63. The third-order valence-corrected chi connectivity index (χ3v) is 6.09. The van der Waals surface area contributed by atoms with Gasteiger partial charge in [0.2, 0.25) is 0 Å². The van der Waals surface area contributed by atoms with Crippen LogP contribution in [0.3, 0.4) is 0 Å². The highest BCUT2D eigenvalue weighted by Gasteiger charge is 2.58. The van der Waals surface area contributed by atoms with E-state index in [4.69, 9.17) is 4.74 Å². The molecule has 0 aromatic rings. The number of hydrogen-bond acceptors (Lipinski definition) is 3.